The molecule has 166 valence electrons. The number of halogens is 1. The van der Waals surface area contributed by atoms with Crippen LogP contribution in [0.3, 0.4) is 0 Å². The average molecular weight is 508 g/mol. The number of carbonyl (C=O) groups excluding carboxylic acids is 1. The molecule has 0 saturated heterocycles. The molecule has 0 radical (unpaired) electrons. The molecular weight excluding hydrogens is 490 g/mol. The average Bonchev–Trinajstić information content (AvgIpc) is 2.82. The van der Waals surface area contributed by atoms with Gasteiger partial charge in [0.05, 0.1) is 16.5 Å². The van der Waals surface area contributed by atoms with Crippen LogP contribution in [0.15, 0.2) is 76.8 Å². The molecule has 8 nitrogen and oxygen atoms in total. The van der Waals surface area contributed by atoms with Gasteiger partial charge >= 0.3 is 0 Å². The third-order valence-electron chi connectivity index (χ3n) is 4.49. The van der Waals surface area contributed by atoms with Crippen molar-refractivity contribution in [2.24, 2.45) is 0 Å². The molecule has 0 aliphatic rings. The Kier molecular flexibility index (Phi) is 7.78. The fourth-order valence-corrected chi connectivity index (χ4v) is 3.45. The number of nitriles is 1. The molecule has 0 aliphatic carbocycles. The summed E-state index contributed by atoms with van der Waals surface area (Å²) in [6.07, 6.45) is 1.41. The van der Waals surface area contributed by atoms with E-state index in [1.807, 2.05) is 36.4 Å². The Balaban J connectivity index is 1.79. The maximum atomic E-state index is 12.5. The summed E-state index contributed by atoms with van der Waals surface area (Å²) in [6, 6.07) is 20.2. The highest BCUT2D eigenvalue weighted by molar-refractivity contribution is 9.10. The van der Waals surface area contributed by atoms with E-state index in [2.05, 4.69) is 21.2 Å². The Morgan fingerprint density at radius 2 is 1.88 bits per heavy atom. The van der Waals surface area contributed by atoms with E-state index in [0.29, 0.717) is 33.8 Å². The Labute approximate surface area is 198 Å². The second kappa shape index (κ2) is 10.9. The first-order valence-electron chi connectivity index (χ1n) is 9.63. The summed E-state index contributed by atoms with van der Waals surface area (Å²) in [6.45, 7) is 0.339. The number of amides is 1. The van der Waals surface area contributed by atoms with Gasteiger partial charge in [0, 0.05) is 17.8 Å². The molecule has 0 atom stereocenters. The number of nitro groups is 1. The number of nitrogens with one attached hydrogen (secondary N) is 1. The van der Waals surface area contributed by atoms with Crippen LogP contribution in [0.5, 0.6) is 11.5 Å². The van der Waals surface area contributed by atoms with Crippen molar-refractivity contribution in [2.45, 2.75) is 6.61 Å². The van der Waals surface area contributed by atoms with Gasteiger partial charge in [0.25, 0.3) is 11.6 Å². The van der Waals surface area contributed by atoms with E-state index < -0.39 is 10.8 Å². The van der Waals surface area contributed by atoms with Gasteiger partial charge in [0.1, 0.15) is 18.2 Å². The maximum absolute atomic E-state index is 12.5. The lowest BCUT2D eigenvalue weighted by atomic mass is 10.1. The van der Waals surface area contributed by atoms with Crippen molar-refractivity contribution < 1.29 is 19.2 Å². The first-order chi connectivity index (χ1) is 15.9. The summed E-state index contributed by atoms with van der Waals surface area (Å²) >= 11 is 3.46. The van der Waals surface area contributed by atoms with Crippen molar-refractivity contribution >= 4 is 39.3 Å². The minimum atomic E-state index is -0.647. The molecule has 0 spiro atoms. The number of benzene rings is 3. The predicted molar refractivity (Wildman–Crippen MR) is 127 cm³/mol. The van der Waals surface area contributed by atoms with Crippen molar-refractivity contribution in [1.29, 1.82) is 5.26 Å². The molecule has 3 rings (SSSR count). The zero-order valence-electron chi connectivity index (χ0n) is 17.4. The summed E-state index contributed by atoms with van der Waals surface area (Å²) in [5.41, 5.74) is 1.61. The lowest BCUT2D eigenvalue weighted by Crippen LogP contribution is -2.13. The molecule has 0 bridgehead atoms. The van der Waals surface area contributed by atoms with Crippen LogP contribution in [0.25, 0.3) is 6.08 Å². The SMILES string of the molecule is COc1cc(C=C(C#N)C(=O)Nc2ccc([N+](=O)[O-])cc2)cc(Br)c1OCc1ccccc1. The third-order valence-corrected chi connectivity index (χ3v) is 5.08. The van der Waals surface area contributed by atoms with Crippen molar-refractivity contribution in [2.75, 3.05) is 12.4 Å². The summed E-state index contributed by atoms with van der Waals surface area (Å²) in [4.78, 5) is 22.7. The maximum Gasteiger partial charge on any atom is 0.269 e. The number of anilines is 1. The van der Waals surface area contributed by atoms with Crippen LogP contribution in [-0.2, 0) is 11.4 Å². The molecule has 0 aromatic heterocycles. The van der Waals surface area contributed by atoms with Gasteiger partial charge in [-0.3, -0.25) is 14.9 Å². The molecule has 3 aromatic rings. The van der Waals surface area contributed by atoms with Crippen LogP contribution in [-0.4, -0.2) is 17.9 Å². The smallest absolute Gasteiger partial charge is 0.269 e. The molecule has 0 unspecified atom stereocenters. The number of rotatable bonds is 8. The van der Waals surface area contributed by atoms with E-state index in [1.165, 1.54) is 37.5 Å². The Bertz CT molecular complexity index is 1240. The molecule has 0 fully saturated rings. The van der Waals surface area contributed by atoms with E-state index in [1.54, 1.807) is 12.1 Å². The van der Waals surface area contributed by atoms with Crippen molar-refractivity contribution in [3.63, 3.8) is 0 Å². The van der Waals surface area contributed by atoms with Crippen LogP contribution < -0.4 is 14.8 Å². The molecule has 9 heteroatoms. The van der Waals surface area contributed by atoms with E-state index in [9.17, 15) is 20.2 Å². The topological polar surface area (TPSA) is 114 Å². The molecule has 33 heavy (non-hydrogen) atoms. The summed E-state index contributed by atoms with van der Waals surface area (Å²) in [5.74, 6) is 0.276. The third kappa shape index (κ3) is 6.18. The molecular formula is C24H18BrN3O5. The molecule has 3 aromatic carbocycles. The predicted octanol–water partition coefficient (Wildman–Crippen LogP) is 5.49. The van der Waals surface area contributed by atoms with Gasteiger partial charge in [-0.1, -0.05) is 30.3 Å². The fourth-order valence-electron chi connectivity index (χ4n) is 2.87. The molecule has 1 N–H and O–H groups in total. The van der Waals surface area contributed by atoms with Crippen molar-refractivity contribution in [3.05, 3.63) is 98.0 Å². The second-order valence-corrected chi connectivity index (χ2v) is 7.59. The largest absolute Gasteiger partial charge is 0.493 e. The fraction of sp³-hybridized carbons (Fsp3) is 0.0833. The Morgan fingerprint density at radius 3 is 2.48 bits per heavy atom. The van der Waals surface area contributed by atoms with E-state index in [4.69, 9.17) is 9.47 Å². The number of carbonyl (C=O) groups is 1. The highest BCUT2D eigenvalue weighted by Crippen LogP contribution is 2.37. The van der Waals surface area contributed by atoms with Crippen LogP contribution in [0, 0.1) is 21.4 Å². The summed E-state index contributed by atoms with van der Waals surface area (Å²) < 4.78 is 11.9. The minimum Gasteiger partial charge on any atom is -0.493 e. The zero-order valence-corrected chi connectivity index (χ0v) is 19.0. The molecule has 1 amide bonds. The van der Waals surface area contributed by atoms with Gasteiger partial charge in [0.15, 0.2) is 11.5 Å². The van der Waals surface area contributed by atoms with Gasteiger partial charge in [-0.2, -0.15) is 5.26 Å². The normalized spacial score (nSPS) is 10.8. The monoisotopic (exact) mass is 507 g/mol. The summed E-state index contributed by atoms with van der Waals surface area (Å²) in [7, 11) is 1.50. The quantitative estimate of drug-likeness (QED) is 0.186. The second-order valence-electron chi connectivity index (χ2n) is 6.74. The van der Waals surface area contributed by atoms with Crippen molar-refractivity contribution in [3.8, 4) is 17.6 Å². The lowest BCUT2D eigenvalue weighted by molar-refractivity contribution is -0.384. The van der Waals surface area contributed by atoms with E-state index in [0.717, 1.165) is 5.56 Å². The van der Waals surface area contributed by atoms with Crippen LogP contribution >= 0.6 is 15.9 Å². The van der Waals surface area contributed by atoms with E-state index >= 15 is 0 Å². The standard InChI is InChI=1S/C24H18BrN3O5/c1-32-22-13-17(12-21(25)23(22)33-15-16-5-3-2-4-6-16)11-18(14-26)24(29)27-19-7-9-20(10-8-19)28(30)31/h2-13H,15H2,1H3,(H,27,29). The lowest BCUT2D eigenvalue weighted by Gasteiger charge is -2.14. The van der Waals surface area contributed by atoms with Crippen LogP contribution in [0.2, 0.25) is 0 Å². The molecule has 0 aliphatic heterocycles. The highest BCUT2D eigenvalue weighted by atomic mass is 79.9. The van der Waals surface area contributed by atoms with Crippen LogP contribution in [0.1, 0.15) is 11.1 Å². The number of nitrogens with zero attached hydrogens (tertiary/aromatic N) is 2. The number of hydrogen-bond acceptors (Lipinski definition) is 6. The number of ether oxygens (including phenoxy) is 2. The number of methoxy groups -OCH3 is 1. The first-order valence-corrected chi connectivity index (χ1v) is 10.4. The first kappa shape index (κ1) is 23.5. The highest BCUT2D eigenvalue weighted by Gasteiger charge is 2.15. The summed E-state index contributed by atoms with van der Waals surface area (Å²) in [5, 5.41) is 22.8. The van der Waals surface area contributed by atoms with Crippen molar-refractivity contribution in [1.82, 2.24) is 0 Å². The number of hydrogen-bond donors (Lipinski definition) is 1. The van der Waals surface area contributed by atoms with Gasteiger partial charge in [-0.15, -0.1) is 0 Å². The number of non-ortho nitro benzene ring substituents is 1. The molecule has 0 saturated carbocycles. The van der Waals surface area contributed by atoms with Gasteiger partial charge in [-0.05, 0) is 57.4 Å². The number of nitro benzene ring substituents is 1. The van der Waals surface area contributed by atoms with Gasteiger partial charge in [0.2, 0.25) is 0 Å². The van der Waals surface area contributed by atoms with Crippen LogP contribution in [0.4, 0.5) is 11.4 Å². The van der Waals surface area contributed by atoms with Gasteiger partial charge in [-0.25, -0.2) is 0 Å². The van der Waals surface area contributed by atoms with E-state index in [-0.39, 0.29) is 11.3 Å². The Hall–Kier alpha value is -4.16. The van der Waals surface area contributed by atoms with Gasteiger partial charge < -0.3 is 14.8 Å². The zero-order chi connectivity index (χ0) is 23.8. The molecule has 0 heterocycles. The Morgan fingerprint density at radius 1 is 1.18 bits per heavy atom. The minimum absolute atomic E-state index is 0.101.